The second kappa shape index (κ2) is 4.61. The lowest BCUT2D eigenvalue weighted by Crippen LogP contribution is -2.22. The van der Waals surface area contributed by atoms with Gasteiger partial charge in [0.05, 0.1) is 12.6 Å². The van der Waals surface area contributed by atoms with Gasteiger partial charge in [0.2, 0.25) is 0 Å². The Bertz CT molecular complexity index is 306. The Balaban J connectivity index is 2.63. The topological polar surface area (TPSA) is 95.6 Å². The van der Waals surface area contributed by atoms with E-state index in [4.69, 9.17) is 14.6 Å². The molecule has 0 radical (unpaired) electrons. The fourth-order valence-electron chi connectivity index (χ4n) is 0.890. The number of nitrogens with one attached hydrogen (secondary N) is 1. The first kappa shape index (κ1) is 10.5. The van der Waals surface area contributed by atoms with Crippen LogP contribution in [0.5, 0.6) is 0 Å². The minimum Gasteiger partial charge on any atom is -0.476 e. The highest BCUT2D eigenvalue weighted by atomic mass is 16.4. The molecule has 3 N–H and O–H groups in total. The van der Waals surface area contributed by atoms with Crippen LogP contribution in [0.4, 0.5) is 6.01 Å². The van der Waals surface area contributed by atoms with Gasteiger partial charge < -0.3 is 19.9 Å². The predicted octanol–water partition coefficient (Wildman–Crippen LogP) is 0.556. The van der Waals surface area contributed by atoms with Crippen LogP contribution in [0.15, 0.2) is 10.7 Å². The summed E-state index contributed by atoms with van der Waals surface area (Å²) in [5, 5.41) is 20.2. The van der Waals surface area contributed by atoms with E-state index in [9.17, 15) is 4.79 Å². The molecule has 14 heavy (non-hydrogen) atoms. The van der Waals surface area contributed by atoms with Gasteiger partial charge in [0, 0.05) is 0 Å². The average molecular weight is 200 g/mol. The molecular weight excluding hydrogens is 188 g/mol. The molecule has 0 aromatic carbocycles. The van der Waals surface area contributed by atoms with Crippen LogP contribution in [-0.2, 0) is 0 Å². The number of carboxylic acids is 1. The third-order valence-corrected chi connectivity index (χ3v) is 1.76. The van der Waals surface area contributed by atoms with Gasteiger partial charge in [0.15, 0.2) is 5.69 Å². The zero-order valence-electron chi connectivity index (χ0n) is 7.73. The summed E-state index contributed by atoms with van der Waals surface area (Å²) in [4.78, 5) is 14.1. The molecular formula is C8H12N2O4. The van der Waals surface area contributed by atoms with Crippen LogP contribution in [0.25, 0.3) is 0 Å². The van der Waals surface area contributed by atoms with Gasteiger partial charge in [-0.15, -0.1) is 0 Å². The molecule has 6 nitrogen and oxygen atoms in total. The van der Waals surface area contributed by atoms with Gasteiger partial charge in [-0.1, -0.05) is 6.92 Å². The maximum absolute atomic E-state index is 10.4. The van der Waals surface area contributed by atoms with Crippen LogP contribution < -0.4 is 5.32 Å². The summed E-state index contributed by atoms with van der Waals surface area (Å²) >= 11 is 0. The zero-order valence-corrected chi connectivity index (χ0v) is 7.73. The van der Waals surface area contributed by atoms with Crippen LogP contribution in [0.2, 0.25) is 0 Å². The number of aromatic nitrogens is 1. The summed E-state index contributed by atoms with van der Waals surface area (Å²) in [7, 11) is 0. The van der Waals surface area contributed by atoms with Crippen molar-refractivity contribution in [1.29, 1.82) is 0 Å². The largest absolute Gasteiger partial charge is 0.476 e. The second-order valence-corrected chi connectivity index (χ2v) is 2.78. The van der Waals surface area contributed by atoms with Crippen LogP contribution in [0.3, 0.4) is 0 Å². The molecule has 0 aliphatic heterocycles. The molecule has 0 bridgehead atoms. The second-order valence-electron chi connectivity index (χ2n) is 2.78. The van der Waals surface area contributed by atoms with E-state index < -0.39 is 5.97 Å². The van der Waals surface area contributed by atoms with Gasteiger partial charge in [-0.2, -0.15) is 4.98 Å². The first-order chi connectivity index (χ1) is 6.67. The number of aromatic carboxylic acids is 1. The average Bonchev–Trinajstić information content (AvgIpc) is 2.62. The molecule has 1 aromatic heterocycles. The number of aliphatic hydroxyl groups excluding tert-OH is 1. The molecule has 0 spiro atoms. The molecule has 78 valence electrons. The van der Waals surface area contributed by atoms with E-state index in [0.29, 0.717) is 6.42 Å². The van der Waals surface area contributed by atoms with Crippen molar-refractivity contribution in [3.8, 4) is 0 Å². The molecule has 0 aliphatic rings. The number of hydrogen-bond acceptors (Lipinski definition) is 5. The van der Waals surface area contributed by atoms with E-state index in [1.54, 1.807) is 0 Å². The molecule has 1 atom stereocenters. The summed E-state index contributed by atoms with van der Waals surface area (Å²) in [5.74, 6) is -1.14. The Morgan fingerprint density at radius 2 is 2.50 bits per heavy atom. The highest BCUT2D eigenvalue weighted by molar-refractivity contribution is 5.85. The molecule has 0 aliphatic carbocycles. The van der Waals surface area contributed by atoms with Crippen LogP contribution in [-0.4, -0.2) is 33.8 Å². The number of aliphatic hydroxyl groups is 1. The predicted molar refractivity (Wildman–Crippen MR) is 48.2 cm³/mol. The van der Waals surface area contributed by atoms with E-state index in [2.05, 4.69) is 10.3 Å². The lowest BCUT2D eigenvalue weighted by Gasteiger charge is -2.10. The van der Waals surface area contributed by atoms with Crippen molar-refractivity contribution in [2.75, 3.05) is 11.9 Å². The highest BCUT2D eigenvalue weighted by Crippen LogP contribution is 2.09. The van der Waals surface area contributed by atoms with Crippen LogP contribution in [0, 0.1) is 0 Å². The van der Waals surface area contributed by atoms with Crippen LogP contribution in [0.1, 0.15) is 23.8 Å². The molecule has 6 heteroatoms. The summed E-state index contributed by atoms with van der Waals surface area (Å²) in [5.41, 5.74) is -0.153. The maximum atomic E-state index is 10.4. The molecule has 0 saturated carbocycles. The van der Waals surface area contributed by atoms with Crippen molar-refractivity contribution in [1.82, 2.24) is 4.98 Å². The molecule has 0 fully saturated rings. The van der Waals surface area contributed by atoms with Crippen molar-refractivity contribution in [2.45, 2.75) is 19.4 Å². The lowest BCUT2D eigenvalue weighted by atomic mass is 10.2. The summed E-state index contributed by atoms with van der Waals surface area (Å²) < 4.78 is 4.85. The third kappa shape index (κ3) is 2.46. The number of carboxylic acid groups (broad SMARTS) is 1. The normalized spacial score (nSPS) is 12.4. The fraction of sp³-hybridized carbons (Fsp3) is 0.500. The molecule has 1 unspecified atom stereocenters. The lowest BCUT2D eigenvalue weighted by molar-refractivity contribution is 0.0690. The van der Waals surface area contributed by atoms with Gasteiger partial charge in [-0.05, 0) is 6.42 Å². The van der Waals surface area contributed by atoms with E-state index >= 15 is 0 Å². The quantitative estimate of drug-likeness (QED) is 0.642. The van der Waals surface area contributed by atoms with Gasteiger partial charge in [0.25, 0.3) is 6.01 Å². The molecule has 1 heterocycles. The van der Waals surface area contributed by atoms with Crippen molar-refractivity contribution in [3.63, 3.8) is 0 Å². The number of hydrogen-bond donors (Lipinski definition) is 3. The number of rotatable bonds is 5. The highest BCUT2D eigenvalue weighted by Gasteiger charge is 2.12. The standard InChI is InChI=1S/C8H12N2O4/c1-2-5(3-11)9-8-10-6(4-14-8)7(12)13/h4-5,11H,2-3H2,1H3,(H,9,10)(H,12,13). The van der Waals surface area contributed by atoms with Gasteiger partial charge >= 0.3 is 5.97 Å². The molecule has 0 amide bonds. The minimum absolute atomic E-state index is 0.0543. The number of carbonyl (C=O) groups is 1. The van der Waals surface area contributed by atoms with Crippen LogP contribution >= 0.6 is 0 Å². The van der Waals surface area contributed by atoms with Crippen molar-refractivity contribution < 1.29 is 19.4 Å². The molecule has 1 rings (SSSR count). The number of oxazole rings is 1. The van der Waals surface area contributed by atoms with E-state index in [-0.39, 0.29) is 24.4 Å². The van der Waals surface area contributed by atoms with Gasteiger partial charge in [0.1, 0.15) is 6.26 Å². The first-order valence-electron chi connectivity index (χ1n) is 4.23. The van der Waals surface area contributed by atoms with Crippen molar-refractivity contribution in [2.24, 2.45) is 0 Å². The van der Waals surface area contributed by atoms with E-state index in [1.807, 2.05) is 6.92 Å². The summed E-state index contributed by atoms with van der Waals surface area (Å²) in [6.07, 6.45) is 1.75. The SMILES string of the molecule is CCC(CO)Nc1nc(C(=O)O)co1. The fourth-order valence-corrected chi connectivity index (χ4v) is 0.890. The smallest absolute Gasteiger partial charge is 0.357 e. The van der Waals surface area contributed by atoms with E-state index in [0.717, 1.165) is 6.26 Å². The Labute approximate surface area is 80.6 Å². The Hall–Kier alpha value is -1.56. The number of anilines is 1. The number of nitrogens with zero attached hydrogens (tertiary/aromatic N) is 1. The summed E-state index contributed by atoms with van der Waals surface area (Å²) in [6, 6.07) is -0.0569. The van der Waals surface area contributed by atoms with Gasteiger partial charge in [-0.25, -0.2) is 4.79 Å². The van der Waals surface area contributed by atoms with Crippen molar-refractivity contribution >= 4 is 12.0 Å². The zero-order chi connectivity index (χ0) is 10.6. The van der Waals surface area contributed by atoms with Gasteiger partial charge in [-0.3, -0.25) is 0 Å². The van der Waals surface area contributed by atoms with Crippen molar-refractivity contribution in [3.05, 3.63) is 12.0 Å². The molecule has 1 aromatic rings. The summed E-state index contributed by atoms with van der Waals surface area (Å²) in [6.45, 7) is 1.83. The van der Waals surface area contributed by atoms with E-state index in [1.165, 1.54) is 0 Å². The Morgan fingerprint density at radius 1 is 1.79 bits per heavy atom. The Kier molecular flexibility index (Phi) is 3.47. The maximum Gasteiger partial charge on any atom is 0.357 e. The first-order valence-corrected chi connectivity index (χ1v) is 4.23. The molecule has 0 saturated heterocycles. The minimum atomic E-state index is -1.14. The third-order valence-electron chi connectivity index (χ3n) is 1.76. The monoisotopic (exact) mass is 200 g/mol. The Morgan fingerprint density at radius 3 is 2.93 bits per heavy atom.